The number of aromatic nitrogens is 3. The normalized spacial score (nSPS) is 8.40. The van der Waals surface area contributed by atoms with E-state index in [1.165, 1.54) is 0 Å². The van der Waals surface area contributed by atoms with Gasteiger partial charge in [0.05, 0.1) is 0 Å². The molecule has 0 radical (unpaired) electrons. The van der Waals surface area contributed by atoms with Crippen LogP contribution in [-0.2, 0) is 0 Å². The Balaban J connectivity index is 0.000000810. The fraction of sp³-hybridized carbons (Fsp3) is 0. The molecule has 0 aliphatic carbocycles. The third kappa shape index (κ3) is 2.34. The van der Waals surface area contributed by atoms with Crippen molar-refractivity contribution < 1.29 is 0 Å². The average Bonchev–Trinajstić information content (AvgIpc) is 1.59. The molecule has 0 atom stereocenters. The van der Waals surface area contributed by atoms with E-state index < -0.39 is 0 Å². The number of hydrogen-bond donors (Lipinski definition) is 3. The first-order valence-corrected chi connectivity index (χ1v) is 2.21. The zero-order valence-electron chi connectivity index (χ0n) is 4.57. The third-order valence-corrected chi connectivity index (χ3v) is 0.687. The van der Waals surface area contributed by atoms with Gasteiger partial charge < -0.3 is 17.2 Å². The molecule has 0 amide bonds. The van der Waals surface area contributed by atoms with Gasteiger partial charge in [-0.15, -0.1) is 0 Å². The van der Waals surface area contributed by atoms with E-state index in [1.807, 2.05) is 0 Å². The molecule has 1 rings (SSSR count). The predicted octanol–water partition coefficient (Wildman–Crippen LogP) is -2.03. The summed E-state index contributed by atoms with van der Waals surface area (Å²) in [5.74, 6) is 0.125. The molecule has 1 heterocycles. The number of rotatable bonds is 0. The Morgan fingerprint density at radius 3 is 1.10 bits per heavy atom. The van der Waals surface area contributed by atoms with E-state index in [4.69, 9.17) is 17.2 Å². The summed E-state index contributed by atoms with van der Waals surface area (Å²) < 4.78 is 0. The van der Waals surface area contributed by atoms with E-state index in [2.05, 4.69) is 15.0 Å². The van der Waals surface area contributed by atoms with Crippen LogP contribution in [0.15, 0.2) is 0 Å². The maximum atomic E-state index is 5.14. The minimum atomic E-state index is 0. The van der Waals surface area contributed by atoms with E-state index in [1.54, 1.807) is 0 Å². The van der Waals surface area contributed by atoms with Gasteiger partial charge in [-0.2, -0.15) is 15.0 Å². The van der Waals surface area contributed by atoms with Crippen LogP contribution in [0.4, 0.5) is 17.8 Å². The average molecular weight is 150 g/mol. The first kappa shape index (κ1) is 9.41. The molecule has 0 saturated heterocycles. The monoisotopic (exact) mass is 150 g/mol. The predicted molar refractivity (Wildman–Crippen MR) is 40.2 cm³/mol. The van der Waals surface area contributed by atoms with E-state index in [-0.39, 0.29) is 47.4 Å². The Labute approximate surface area is 79.5 Å². The molecule has 0 bridgehead atoms. The van der Waals surface area contributed by atoms with Crippen LogP contribution < -0.4 is 17.2 Å². The van der Waals surface area contributed by atoms with Crippen molar-refractivity contribution in [3.63, 3.8) is 0 Å². The summed E-state index contributed by atoms with van der Waals surface area (Å²) in [5.41, 5.74) is 15.4. The van der Waals surface area contributed by atoms with Crippen molar-refractivity contribution in [3.8, 4) is 0 Å². The Kier molecular flexibility index (Phi) is 3.34. The van der Waals surface area contributed by atoms with Gasteiger partial charge in [0, 0.05) is 0 Å². The van der Waals surface area contributed by atoms with Crippen molar-refractivity contribution in [2.75, 3.05) is 17.2 Å². The number of nitrogens with zero attached hydrogens (tertiary/aromatic N) is 3. The van der Waals surface area contributed by atoms with Crippen LogP contribution in [0, 0.1) is 0 Å². The van der Waals surface area contributed by atoms with Crippen LogP contribution in [-0.4, -0.2) is 44.5 Å². The summed E-state index contributed by atoms with van der Waals surface area (Å²) in [6.07, 6.45) is 0. The van der Waals surface area contributed by atoms with Crippen LogP contribution in [0.2, 0.25) is 0 Å². The Morgan fingerprint density at radius 2 is 0.900 bits per heavy atom. The summed E-state index contributed by atoms with van der Waals surface area (Å²) in [7, 11) is 0. The summed E-state index contributed by atoms with van der Waals surface area (Å²) in [5, 5.41) is 0. The molecule has 0 aromatic carbocycles. The van der Waals surface area contributed by atoms with Crippen LogP contribution in [0.5, 0.6) is 0 Å². The van der Waals surface area contributed by atoms with Crippen LogP contribution in [0.3, 0.4) is 0 Å². The molecule has 0 spiro atoms. The van der Waals surface area contributed by atoms with E-state index >= 15 is 0 Å². The Bertz CT molecular complexity index is 174. The van der Waals surface area contributed by atoms with Crippen LogP contribution in [0.25, 0.3) is 0 Å². The summed E-state index contributed by atoms with van der Waals surface area (Å²) in [4.78, 5) is 10.5. The standard InChI is InChI=1S/C3H6N6.Na.H/c4-1-7-2(5)9-3(6)8-1;;/h(H6,4,5,6,7,8,9);;. The van der Waals surface area contributed by atoms with Crippen LogP contribution in [0.1, 0.15) is 0 Å². The third-order valence-electron chi connectivity index (χ3n) is 0.687. The molecule has 7 heteroatoms. The van der Waals surface area contributed by atoms with Crippen molar-refractivity contribution >= 4 is 47.4 Å². The quantitative estimate of drug-likeness (QED) is 0.367. The first-order chi connectivity index (χ1) is 4.18. The van der Waals surface area contributed by atoms with Crippen molar-refractivity contribution in [2.24, 2.45) is 0 Å². The zero-order chi connectivity index (χ0) is 6.85. The van der Waals surface area contributed by atoms with Gasteiger partial charge in [-0.25, -0.2) is 0 Å². The molecule has 0 aliphatic rings. The van der Waals surface area contributed by atoms with Gasteiger partial charge in [0.15, 0.2) is 0 Å². The van der Waals surface area contributed by atoms with Gasteiger partial charge in [0.1, 0.15) is 0 Å². The SMILES string of the molecule is Nc1nc(N)nc(N)n1.[NaH]. The molecular weight excluding hydrogens is 143 g/mol. The second kappa shape index (κ2) is 3.55. The van der Waals surface area contributed by atoms with Crippen molar-refractivity contribution in [3.05, 3.63) is 0 Å². The Morgan fingerprint density at radius 1 is 0.700 bits per heavy atom. The number of anilines is 3. The van der Waals surface area contributed by atoms with Crippen molar-refractivity contribution in [1.29, 1.82) is 0 Å². The molecule has 6 nitrogen and oxygen atoms in total. The topological polar surface area (TPSA) is 117 Å². The number of nitrogens with two attached hydrogens (primary N) is 3. The molecular formula is C3H7N6Na. The molecule has 0 unspecified atom stereocenters. The summed E-state index contributed by atoms with van der Waals surface area (Å²) in [6, 6.07) is 0. The van der Waals surface area contributed by atoms with E-state index in [9.17, 15) is 0 Å². The zero-order valence-corrected chi connectivity index (χ0v) is 4.57. The van der Waals surface area contributed by atoms with Gasteiger partial charge in [-0.05, 0) is 0 Å². The van der Waals surface area contributed by atoms with Crippen molar-refractivity contribution in [2.45, 2.75) is 0 Å². The van der Waals surface area contributed by atoms with E-state index in [0.29, 0.717) is 0 Å². The van der Waals surface area contributed by atoms with Gasteiger partial charge in [-0.1, -0.05) is 0 Å². The van der Waals surface area contributed by atoms with Gasteiger partial charge in [0.25, 0.3) is 0 Å². The maximum absolute atomic E-state index is 5.14. The van der Waals surface area contributed by atoms with E-state index in [0.717, 1.165) is 0 Å². The molecule has 10 heavy (non-hydrogen) atoms. The minimum absolute atomic E-state index is 0. The van der Waals surface area contributed by atoms with Crippen molar-refractivity contribution in [1.82, 2.24) is 15.0 Å². The summed E-state index contributed by atoms with van der Waals surface area (Å²) in [6.45, 7) is 0. The fourth-order valence-corrected chi connectivity index (χ4v) is 0.427. The second-order valence-corrected chi connectivity index (χ2v) is 1.41. The molecule has 1 aromatic heterocycles. The molecule has 1 aromatic rings. The Hall–Kier alpha value is -0.590. The number of hydrogen-bond acceptors (Lipinski definition) is 6. The van der Waals surface area contributed by atoms with Crippen LogP contribution >= 0.6 is 0 Å². The molecule has 50 valence electrons. The molecule has 0 saturated carbocycles. The number of nitrogen functional groups attached to an aromatic ring is 3. The molecule has 0 fully saturated rings. The summed E-state index contributed by atoms with van der Waals surface area (Å²) >= 11 is 0. The van der Waals surface area contributed by atoms with Gasteiger partial charge in [-0.3, -0.25) is 0 Å². The van der Waals surface area contributed by atoms with Gasteiger partial charge >= 0.3 is 29.6 Å². The molecule has 0 aliphatic heterocycles. The first-order valence-electron chi connectivity index (χ1n) is 2.21. The second-order valence-electron chi connectivity index (χ2n) is 1.41. The fourth-order valence-electron chi connectivity index (χ4n) is 0.427. The molecule has 6 N–H and O–H groups in total. The van der Waals surface area contributed by atoms with Gasteiger partial charge in [0.2, 0.25) is 17.8 Å².